The predicted octanol–water partition coefficient (Wildman–Crippen LogP) is 2.50. The largest absolute Gasteiger partial charge is 0.310 e. The van der Waals surface area contributed by atoms with Crippen LogP contribution < -0.4 is 5.32 Å². The molecule has 2 heteroatoms. The van der Waals surface area contributed by atoms with Crippen molar-refractivity contribution in [2.24, 2.45) is 5.92 Å². The SMILES string of the molecule is C[C@@H]1CCN[C@H]1c1cccc(F)c1. The zero-order valence-electron chi connectivity index (χ0n) is 7.76. The average molecular weight is 179 g/mol. The Morgan fingerprint density at radius 2 is 2.31 bits per heavy atom. The number of hydrogen-bond donors (Lipinski definition) is 1. The molecule has 0 spiro atoms. The maximum absolute atomic E-state index is 12.9. The predicted molar refractivity (Wildman–Crippen MR) is 50.9 cm³/mol. The van der Waals surface area contributed by atoms with Crippen LogP contribution in [0.25, 0.3) is 0 Å². The van der Waals surface area contributed by atoms with E-state index >= 15 is 0 Å². The van der Waals surface area contributed by atoms with E-state index in [2.05, 4.69) is 12.2 Å². The van der Waals surface area contributed by atoms with E-state index in [1.54, 1.807) is 12.1 Å². The van der Waals surface area contributed by atoms with Crippen molar-refractivity contribution in [3.63, 3.8) is 0 Å². The van der Waals surface area contributed by atoms with Gasteiger partial charge in [-0.15, -0.1) is 0 Å². The summed E-state index contributed by atoms with van der Waals surface area (Å²) in [5, 5.41) is 3.38. The van der Waals surface area contributed by atoms with Crippen molar-refractivity contribution < 1.29 is 4.39 Å². The van der Waals surface area contributed by atoms with Gasteiger partial charge >= 0.3 is 0 Å². The van der Waals surface area contributed by atoms with E-state index in [4.69, 9.17) is 0 Å². The highest BCUT2D eigenvalue weighted by Gasteiger charge is 2.23. The van der Waals surface area contributed by atoms with E-state index in [0.717, 1.165) is 12.1 Å². The first-order chi connectivity index (χ1) is 6.27. The summed E-state index contributed by atoms with van der Waals surface area (Å²) in [6.07, 6.45) is 1.18. The monoisotopic (exact) mass is 179 g/mol. The molecular weight excluding hydrogens is 165 g/mol. The molecule has 13 heavy (non-hydrogen) atoms. The maximum atomic E-state index is 12.9. The zero-order chi connectivity index (χ0) is 9.26. The lowest BCUT2D eigenvalue weighted by Gasteiger charge is -2.15. The smallest absolute Gasteiger partial charge is 0.123 e. The highest BCUT2D eigenvalue weighted by atomic mass is 19.1. The number of halogens is 1. The summed E-state index contributed by atoms with van der Waals surface area (Å²) in [6.45, 7) is 3.25. The minimum absolute atomic E-state index is 0.140. The molecule has 1 saturated heterocycles. The molecule has 0 saturated carbocycles. The Morgan fingerprint density at radius 3 is 2.92 bits per heavy atom. The maximum Gasteiger partial charge on any atom is 0.123 e. The topological polar surface area (TPSA) is 12.0 Å². The van der Waals surface area contributed by atoms with Gasteiger partial charge in [0.25, 0.3) is 0 Å². The number of benzene rings is 1. The zero-order valence-corrected chi connectivity index (χ0v) is 7.76. The molecule has 0 amide bonds. The van der Waals surface area contributed by atoms with Crippen LogP contribution in [0.2, 0.25) is 0 Å². The highest BCUT2D eigenvalue weighted by Crippen LogP contribution is 2.28. The molecule has 1 fully saturated rings. The van der Waals surface area contributed by atoms with Gasteiger partial charge in [-0.3, -0.25) is 0 Å². The summed E-state index contributed by atoms with van der Waals surface area (Å²) in [4.78, 5) is 0. The van der Waals surface area contributed by atoms with E-state index < -0.39 is 0 Å². The van der Waals surface area contributed by atoms with Gasteiger partial charge in [0.15, 0.2) is 0 Å². The van der Waals surface area contributed by atoms with Crippen LogP contribution in [0.4, 0.5) is 4.39 Å². The van der Waals surface area contributed by atoms with E-state index in [-0.39, 0.29) is 5.82 Å². The standard InChI is InChI=1S/C11H14FN/c1-8-5-6-13-11(8)9-3-2-4-10(12)7-9/h2-4,7-8,11,13H,5-6H2,1H3/t8-,11-/m1/s1. The molecule has 0 radical (unpaired) electrons. The van der Waals surface area contributed by atoms with Crippen molar-refractivity contribution in [3.05, 3.63) is 35.6 Å². The summed E-state index contributed by atoms with van der Waals surface area (Å²) in [5.74, 6) is 0.472. The number of hydrogen-bond acceptors (Lipinski definition) is 1. The van der Waals surface area contributed by atoms with Gasteiger partial charge in [0.2, 0.25) is 0 Å². The van der Waals surface area contributed by atoms with Crippen molar-refractivity contribution in [3.8, 4) is 0 Å². The average Bonchev–Trinajstić information content (AvgIpc) is 2.51. The van der Waals surface area contributed by atoms with Crippen molar-refractivity contribution in [1.29, 1.82) is 0 Å². The van der Waals surface area contributed by atoms with Crippen molar-refractivity contribution in [1.82, 2.24) is 5.32 Å². The van der Waals surface area contributed by atoms with Crippen LogP contribution >= 0.6 is 0 Å². The first-order valence-electron chi connectivity index (χ1n) is 4.76. The normalized spacial score (nSPS) is 27.8. The van der Waals surface area contributed by atoms with Gasteiger partial charge in [-0.1, -0.05) is 19.1 Å². The number of rotatable bonds is 1. The first kappa shape index (κ1) is 8.70. The highest BCUT2D eigenvalue weighted by molar-refractivity contribution is 5.21. The fraction of sp³-hybridized carbons (Fsp3) is 0.455. The van der Waals surface area contributed by atoms with E-state index in [1.165, 1.54) is 12.5 Å². The lowest BCUT2D eigenvalue weighted by Crippen LogP contribution is -2.16. The Morgan fingerprint density at radius 1 is 1.46 bits per heavy atom. The third-order valence-electron chi connectivity index (χ3n) is 2.74. The lowest BCUT2D eigenvalue weighted by molar-refractivity contribution is 0.500. The van der Waals surface area contributed by atoms with Crippen LogP contribution in [0.3, 0.4) is 0 Å². The molecule has 1 aliphatic heterocycles. The molecule has 1 N–H and O–H groups in total. The van der Waals surface area contributed by atoms with Gasteiger partial charge in [0.05, 0.1) is 0 Å². The molecule has 1 heterocycles. The van der Waals surface area contributed by atoms with Gasteiger partial charge in [-0.05, 0) is 36.6 Å². The van der Waals surface area contributed by atoms with Crippen molar-refractivity contribution in [2.45, 2.75) is 19.4 Å². The molecule has 1 nitrogen and oxygen atoms in total. The Hall–Kier alpha value is -0.890. The molecule has 1 aromatic carbocycles. The van der Waals surface area contributed by atoms with E-state index in [0.29, 0.717) is 12.0 Å². The van der Waals surface area contributed by atoms with Gasteiger partial charge in [0, 0.05) is 6.04 Å². The van der Waals surface area contributed by atoms with Gasteiger partial charge in [-0.2, -0.15) is 0 Å². The molecule has 1 aliphatic rings. The molecule has 70 valence electrons. The molecule has 0 unspecified atom stereocenters. The van der Waals surface area contributed by atoms with Gasteiger partial charge in [-0.25, -0.2) is 4.39 Å². The minimum atomic E-state index is -0.140. The third-order valence-corrected chi connectivity index (χ3v) is 2.74. The van der Waals surface area contributed by atoms with Crippen LogP contribution in [0.5, 0.6) is 0 Å². The Bertz CT molecular complexity index is 298. The summed E-state index contributed by atoms with van der Waals surface area (Å²) in [5.41, 5.74) is 1.07. The summed E-state index contributed by atoms with van der Waals surface area (Å²) >= 11 is 0. The second-order valence-corrected chi connectivity index (χ2v) is 3.75. The molecule has 0 bridgehead atoms. The Kier molecular flexibility index (Phi) is 2.32. The molecule has 2 atom stereocenters. The lowest BCUT2D eigenvalue weighted by atomic mass is 9.96. The van der Waals surface area contributed by atoms with Crippen LogP contribution in [-0.2, 0) is 0 Å². The van der Waals surface area contributed by atoms with Crippen molar-refractivity contribution in [2.75, 3.05) is 6.54 Å². The second kappa shape index (κ2) is 3.46. The summed E-state index contributed by atoms with van der Waals surface area (Å²) in [7, 11) is 0. The fourth-order valence-electron chi connectivity index (χ4n) is 1.98. The van der Waals surface area contributed by atoms with Crippen molar-refractivity contribution >= 4 is 0 Å². The molecule has 0 aromatic heterocycles. The molecule has 1 aromatic rings. The van der Waals surface area contributed by atoms with E-state index in [9.17, 15) is 4.39 Å². The van der Waals surface area contributed by atoms with E-state index in [1.807, 2.05) is 6.07 Å². The van der Waals surface area contributed by atoms with Crippen LogP contribution in [0, 0.1) is 11.7 Å². The summed E-state index contributed by atoms with van der Waals surface area (Å²) < 4.78 is 12.9. The summed E-state index contributed by atoms with van der Waals surface area (Å²) in [6, 6.07) is 7.22. The fourth-order valence-corrected chi connectivity index (χ4v) is 1.98. The Balaban J connectivity index is 2.24. The minimum Gasteiger partial charge on any atom is -0.310 e. The van der Waals surface area contributed by atoms with Gasteiger partial charge < -0.3 is 5.32 Å². The van der Waals surface area contributed by atoms with Crippen LogP contribution in [-0.4, -0.2) is 6.54 Å². The quantitative estimate of drug-likeness (QED) is 0.698. The van der Waals surface area contributed by atoms with Crippen LogP contribution in [0.1, 0.15) is 24.9 Å². The van der Waals surface area contributed by atoms with Crippen LogP contribution in [0.15, 0.2) is 24.3 Å². The second-order valence-electron chi connectivity index (χ2n) is 3.75. The number of nitrogens with one attached hydrogen (secondary N) is 1. The third kappa shape index (κ3) is 1.73. The molecular formula is C11H14FN. The molecule has 2 rings (SSSR count). The molecule has 0 aliphatic carbocycles. The Labute approximate surface area is 78.0 Å². The first-order valence-corrected chi connectivity index (χ1v) is 4.76. The van der Waals surface area contributed by atoms with Gasteiger partial charge in [0.1, 0.15) is 5.82 Å².